The van der Waals surface area contributed by atoms with Gasteiger partial charge in [-0.3, -0.25) is 4.98 Å². The second-order valence-electron chi connectivity index (χ2n) is 12.1. The molecule has 0 aliphatic carbocycles. The Morgan fingerprint density at radius 2 is 1.51 bits per heavy atom. The summed E-state index contributed by atoms with van der Waals surface area (Å²) in [5.41, 5.74) is 14.4. The SMILES string of the molecule is CN(C)c1ccnc(C(=O)O)c1.Cc1ccccc1-c1c(C)c[c-]c2c1c1cc(-c3c(C)cccc3C)ccc1n1c(C)cnc21.[Ir]. The maximum Gasteiger partial charge on any atom is 0.354 e. The molecule has 7 aromatic rings. The first-order valence-electron chi connectivity index (χ1n) is 15.3. The number of fused-ring (bicyclic) bond motifs is 6. The molecule has 1 N–H and O–H groups in total. The fourth-order valence-corrected chi connectivity index (χ4v) is 6.38. The van der Waals surface area contributed by atoms with Crippen LogP contribution in [0.4, 0.5) is 5.69 Å². The molecule has 0 saturated carbocycles. The zero-order valence-corrected chi connectivity index (χ0v) is 30.0. The number of hydrogen-bond donors (Lipinski definition) is 1. The van der Waals surface area contributed by atoms with Gasteiger partial charge in [-0.25, -0.2) is 9.78 Å². The minimum atomic E-state index is -1.00. The maximum absolute atomic E-state index is 10.5. The van der Waals surface area contributed by atoms with Crippen LogP contribution >= 0.6 is 0 Å². The molecule has 7 rings (SSSR count). The predicted octanol–water partition coefficient (Wildman–Crippen LogP) is 9.16. The molecule has 0 bridgehead atoms. The van der Waals surface area contributed by atoms with Crippen LogP contribution < -0.4 is 4.90 Å². The molecular formula is C40H37IrN4O2-. The molecule has 0 saturated heterocycles. The number of aryl methyl sites for hydroxylation is 5. The number of pyridine rings is 2. The summed E-state index contributed by atoms with van der Waals surface area (Å²) in [5.74, 6) is -1.00. The van der Waals surface area contributed by atoms with Crippen LogP contribution in [0.3, 0.4) is 0 Å². The number of anilines is 1. The Morgan fingerprint density at radius 1 is 0.809 bits per heavy atom. The van der Waals surface area contributed by atoms with E-state index in [4.69, 9.17) is 10.1 Å². The fraction of sp³-hybridized carbons (Fsp3) is 0.175. The number of benzene rings is 4. The van der Waals surface area contributed by atoms with E-state index in [1.807, 2.05) is 25.2 Å². The Kier molecular flexibility index (Phi) is 9.62. The molecule has 6 nitrogen and oxygen atoms in total. The van der Waals surface area contributed by atoms with Gasteiger partial charge in [0.05, 0.1) is 5.65 Å². The number of carboxylic acids is 1. The van der Waals surface area contributed by atoms with Gasteiger partial charge < -0.3 is 14.4 Å². The number of hydrogen-bond acceptors (Lipinski definition) is 4. The van der Waals surface area contributed by atoms with E-state index in [-0.39, 0.29) is 25.8 Å². The van der Waals surface area contributed by atoms with Gasteiger partial charge in [0.2, 0.25) is 0 Å². The molecule has 0 fully saturated rings. The van der Waals surface area contributed by atoms with Gasteiger partial charge in [0.1, 0.15) is 5.69 Å². The van der Waals surface area contributed by atoms with E-state index in [1.165, 1.54) is 73.1 Å². The summed E-state index contributed by atoms with van der Waals surface area (Å²) >= 11 is 0. The Labute approximate surface area is 289 Å². The molecule has 0 amide bonds. The third kappa shape index (κ3) is 6.17. The average molecular weight is 798 g/mol. The second-order valence-corrected chi connectivity index (χ2v) is 12.1. The first-order valence-corrected chi connectivity index (χ1v) is 15.3. The van der Waals surface area contributed by atoms with Crippen molar-refractivity contribution in [2.24, 2.45) is 0 Å². The molecule has 7 heteroatoms. The van der Waals surface area contributed by atoms with Gasteiger partial charge >= 0.3 is 5.97 Å². The van der Waals surface area contributed by atoms with E-state index < -0.39 is 5.97 Å². The number of aromatic nitrogens is 3. The maximum atomic E-state index is 10.5. The van der Waals surface area contributed by atoms with Crippen molar-refractivity contribution in [1.29, 1.82) is 0 Å². The van der Waals surface area contributed by atoms with Crippen LogP contribution in [0.25, 0.3) is 49.6 Å². The Balaban J connectivity index is 0.000000284. The van der Waals surface area contributed by atoms with Crippen LogP contribution in [-0.4, -0.2) is 39.5 Å². The van der Waals surface area contributed by atoms with Crippen LogP contribution in [0.1, 0.15) is 38.4 Å². The van der Waals surface area contributed by atoms with E-state index in [0.29, 0.717) is 0 Å². The van der Waals surface area contributed by atoms with Crippen molar-refractivity contribution in [3.63, 3.8) is 0 Å². The van der Waals surface area contributed by atoms with Crippen LogP contribution in [0.15, 0.2) is 91.3 Å². The molecule has 0 spiro atoms. The van der Waals surface area contributed by atoms with Crippen molar-refractivity contribution in [3.05, 3.63) is 131 Å². The van der Waals surface area contributed by atoms with Gasteiger partial charge in [0.15, 0.2) is 0 Å². The van der Waals surface area contributed by atoms with Gasteiger partial charge in [-0.05, 0) is 84.7 Å². The fourth-order valence-electron chi connectivity index (χ4n) is 6.38. The number of carboxylic acid groups (broad SMARTS) is 1. The van der Waals surface area contributed by atoms with Crippen LogP contribution in [0, 0.1) is 40.7 Å². The van der Waals surface area contributed by atoms with Gasteiger partial charge in [-0.1, -0.05) is 77.9 Å². The molecule has 0 aliphatic rings. The van der Waals surface area contributed by atoms with Gasteiger partial charge in [0.25, 0.3) is 0 Å². The smallest absolute Gasteiger partial charge is 0.354 e. The standard InChI is InChI=1S/C32H27N2.C8H10N2O2.Ir/c1-19-9-6-7-12-25(19)30-22(4)13-15-26-31(30)27-17-24(29-20(2)10-8-11-21(29)3)14-16-28(27)34-23(5)18-33-32(26)34;1-10(2)6-3-4-9-7(5-6)8(11)12;/h6-14,16-18H,1-5H3;3-5H,1-2H3,(H,11,12);/q-1;;. The Hall–Kier alpha value is -4.84. The quantitative estimate of drug-likeness (QED) is 0.142. The molecule has 0 unspecified atom stereocenters. The van der Waals surface area contributed by atoms with Gasteiger partial charge in [-0.2, -0.15) is 0 Å². The molecule has 1 radical (unpaired) electrons. The van der Waals surface area contributed by atoms with Crippen molar-refractivity contribution >= 4 is 39.0 Å². The second kappa shape index (κ2) is 13.5. The van der Waals surface area contributed by atoms with Gasteiger partial charge in [0, 0.05) is 63.5 Å². The summed E-state index contributed by atoms with van der Waals surface area (Å²) < 4.78 is 2.28. The molecule has 3 aromatic heterocycles. The first kappa shape index (κ1) is 33.5. The van der Waals surface area contributed by atoms with Crippen molar-refractivity contribution in [3.8, 4) is 22.3 Å². The summed E-state index contributed by atoms with van der Waals surface area (Å²) in [5, 5.41) is 12.2. The number of aromatic carboxylic acids is 1. The molecular weight excluding hydrogens is 761 g/mol. The molecule has 4 aromatic carbocycles. The molecule has 47 heavy (non-hydrogen) atoms. The number of carbonyl (C=O) groups is 1. The average Bonchev–Trinajstić information content (AvgIpc) is 3.43. The van der Waals surface area contributed by atoms with Crippen molar-refractivity contribution in [2.45, 2.75) is 34.6 Å². The van der Waals surface area contributed by atoms with Crippen molar-refractivity contribution in [1.82, 2.24) is 14.4 Å². The summed E-state index contributed by atoms with van der Waals surface area (Å²) in [4.78, 5) is 20.8. The third-order valence-electron chi connectivity index (χ3n) is 8.66. The largest absolute Gasteiger partial charge is 0.477 e. The van der Waals surface area contributed by atoms with E-state index in [1.54, 1.807) is 6.07 Å². The number of imidazole rings is 1. The minimum absolute atomic E-state index is 0. The Bertz CT molecular complexity index is 2270. The molecule has 0 aliphatic heterocycles. The summed E-state index contributed by atoms with van der Waals surface area (Å²) in [6.07, 6.45) is 3.45. The zero-order chi connectivity index (χ0) is 32.7. The summed E-state index contributed by atoms with van der Waals surface area (Å²) in [7, 11) is 3.70. The summed E-state index contributed by atoms with van der Waals surface area (Å²) in [6, 6.07) is 31.1. The number of rotatable bonds is 4. The normalized spacial score (nSPS) is 10.9. The van der Waals surface area contributed by atoms with Crippen molar-refractivity contribution < 1.29 is 30.0 Å². The van der Waals surface area contributed by atoms with Crippen molar-refractivity contribution in [2.75, 3.05) is 19.0 Å². The molecule has 3 heterocycles. The minimum Gasteiger partial charge on any atom is -0.477 e. The topological polar surface area (TPSA) is 70.7 Å². The van der Waals surface area contributed by atoms with E-state index in [2.05, 4.69) is 117 Å². The van der Waals surface area contributed by atoms with E-state index in [0.717, 1.165) is 22.4 Å². The number of nitrogens with zero attached hydrogens (tertiary/aromatic N) is 4. The summed E-state index contributed by atoms with van der Waals surface area (Å²) in [6.45, 7) is 10.9. The monoisotopic (exact) mass is 798 g/mol. The zero-order valence-electron chi connectivity index (χ0n) is 27.6. The van der Waals surface area contributed by atoms with E-state index in [9.17, 15) is 4.79 Å². The third-order valence-corrected chi connectivity index (χ3v) is 8.66. The van der Waals surface area contributed by atoms with Gasteiger partial charge in [-0.15, -0.1) is 17.7 Å². The molecule has 0 atom stereocenters. The van der Waals surface area contributed by atoms with Crippen LogP contribution in [0.5, 0.6) is 0 Å². The van der Waals surface area contributed by atoms with Crippen LogP contribution in [0.2, 0.25) is 0 Å². The first-order chi connectivity index (χ1) is 22.1. The Morgan fingerprint density at radius 3 is 2.19 bits per heavy atom. The predicted molar refractivity (Wildman–Crippen MR) is 189 cm³/mol. The van der Waals surface area contributed by atoms with Crippen LogP contribution in [-0.2, 0) is 20.1 Å². The molecule has 239 valence electrons. The van der Waals surface area contributed by atoms with E-state index >= 15 is 0 Å².